The number of benzene rings is 1. The zero-order valence-corrected chi connectivity index (χ0v) is 13.9. The highest BCUT2D eigenvalue weighted by Crippen LogP contribution is 2.24. The molecule has 2 heterocycles. The van der Waals surface area contributed by atoms with Crippen molar-refractivity contribution >= 4 is 11.8 Å². The lowest BCUT2D eigenvalue weighted by Crippen LogP contribution is -2.48. The Morgan fingerprint density at radius 3 is 2.92 bits per heavy atom. The van der Waals surface area contributed by atoms with Crippen LogP contribution >= 0.6 is 0 Å². The van der Waals surface area contributed by atoms with E-state index in [1.54, 1.807) is 30.1 Å². The number of hydrogen-bond donors (Lipinski definition) is 0. The Labute approximate surface area is 141 Å². The number of piperidine rings is 1. The maximum absolute atomic E-state index is 13.6. The molecule has 1 aromatic rings. The molecule has 2 saturated heterocycles. The number of likely N-dealkylation sites (tertiary alicyclic amines) is 1. The van der Waals surface area contributed by atoms with E-state index in [9.17, 15) is 14.0 Å². The Morgan fingerprint density at radius 1 is 1.33 bits per heavy atom. The van der Waals surface area contributed by atoms with Gasteiger partial charge in [-0.25, -0.2) is 4.39 Å². The maximum atomic E-state index is 13.6. The lowest BCUT2D eigenvalue weighted by Gasteiger charge is -2.37. The molecule has 1 aromatic carbocycles. The Morgan fingerprint density at radius 2 is 2.12 bits per heavy atom. The number of nitrogens with zero attached hydrogens (tertiary/aromatic N) is 2. The van der Waals surface area contributed by atoms with Crippen LogP contribution in [0.2, 0.25) is 0 Å². The number of rotatable bonds is 3. The van der Waals surface area contributed by atoms with Crippen molar-refractivity contribution in [2.45, 2.75) is 25.4 Å². The van der Waals surface area contributed by atoms with Crippen molar-refractivity contribution in [2.24, 2.45) is 5.92 Å². The number of halogens is 1. The van der Waals surface area contributed by atoms with Gasteiger partial charge in [-0.05, 0) is 24.5 Å². The van der Waals surface area contributed by atoms with Gasteiger partial charge in [0.15, 0.2) is 0 Å². The molecule has 0 saturated carbocycles. The average molecular weight is 334 g/mol. The van der Waals surface area contributed by atoms with E-state index in [-0.39, 0.29) is 36.3 Å². The normalized spacial score (nSPS) is 24.5. The van der Waals surface area contributed by atoms with Crippen molar-refractivity contribution in [1.29, 1.82) is 0 Å². The van der Waals surface area contributed by atoms with E-state index in [1.165, 1.54) is 6.07 Å². The van der Waals surface area contributed by atoms with Gasteiger partial charge in [0.2, 0.25) is 11.8 Å². The molecule has 0 spiro atoms. The molecule has 0 aliphatic carbocycles. The van der Waals surface area contributed by atoms with Crippen LogP contribution in [0.3, 0.4) is 0 Å². The Kier molecular flexibility index (Phi) is 5.14. The molecule has 2 amide bonds. The van der Waals surface area contributed by atoms with Gasteiger partial charge in [0.1, 0.15) is 12.4 Å². The van der Waals surface area contributed by atoms with Gasteiger partial charge in [0, 0.05) is 39.0 Å². The summed E-state index contributed by atoms with van der Waals surface area (Å²) in [7, 11) is 1.77. The summed E-state index contributed by atoms with van der Waals surface area (Å²) in [5.41, 5.74) is 0.573. The van der Waals surface area contributed by atoms with Crippen molar-refractivity contribution in [1.82, 2.24) is 9.80 Å². The molecule has 0 radical (unpaired) electrons. The lowest BCUT2D eigenvalue weighted by molar-refractivity contribution is -0.137. The highest BCUT2D eigenvalue weighted by Gasteiger charge is 2.35. The van der Waals surface area contributed by atoms with Gasteiger partial charge in [-0.3, -0.25) is 9.59 Å². The molecular formula is C18H23FN2O3. The molecule has 0 unspecified atom stereocenters. The van der Waals surface area contributed by atoms with Gasteiger partial charge in [-0.15, -0.1) is 0 Å². The van der Waals surface area contributed by atoms with Gasteiger partial charge in [0.05, 0.1) is 6.10 Å². The molecule has 2 atom stereocenters. The summed E-state index contributed by atoms with van der Waals surface area (Å²) >= 11 is 0. The number of carbonyl (C=O) groups is 2. The van der Waals surface area contributed by atoms with E-state index in [0.29, 0.717) is 38.0 Å². The summed E-state index contributed by atoms with van der Waals surface area (Å²) in [6.07, 6.45) is 1.49. The van der Waals surface area contributed by atoms with E-state index >= 15 is 0 Å². The summed E-state index contributed by atoms with van der Waals surface area (Å²) in [6.45, 7) is 1.97. The molecule has 0 aromatic heterocycles. The molecule has 0 N–H and O–H groups in total. The highest BCUT2D eigenvalue weighted by atomic mass is 19.1. The molecule has 2 fully saturated rings. The first-order chi connectivity index (χ1) is 11.5. The zero-order valence-electron chi connectivity index (χ0n) is 13.9. The Bertz CT molecular complexity index is 622. The minimum atomic E-state index is -0.263. The summed E-state index contributed by atoms with van der Waals surface area (Å²) in [5.74, 6) is -0.0920. The van der Waals surface area contributed by atoms with Crippen molar-refractivity contribution in [2.75, 3.05) is 33.3 Å². The molecule has 6 heteroatoms. The average Bonchev–Trinajstić information content (AvgIpc) is 2.72. The largest absolute Gasteiger partial charge is 0.368 e. The predicted octanol–water partition coefficient (Wildman–Crippen LogP) is 1.46. The number of fused-ring (bicyclic) bond motifs is 1. The summed E-state index contributed by atoms with van der Waals surface area (Å²) in [5, 5.41) is 0. The van der Waals surface area contributed by atoms with Crippen LogP contribution in [-0.4, -0.2) is 61.0 Å². The van der Waals surface area contributed by atoms with Crippen molar-refractivity contribution in [3.8, 4) is 0 Å². The van der Waals surface area contributed by atoms with Gasteiger partial charge in [-0.2, -0.15) is 0 Å². The molecule has 2 aliphatic rings. The fourth-order valence-electron chi connectivity index (χ4n) is 3.47. The van der Waals surface area contributed by atoms with Crippen molar-refractivity contribution < 1.29 is 18.7 Å². The zero-order chi connectivity index (χ0) is 17.1. The molecule has 0 bridgehead atoms. The van der Waals surface area contributed by atoms with Crippen LogP contribution in [-0.2, 0) is 20.7 Å². The molecule has 2 aliphatic heterocycles. The van der Waals surface area contributed by atoms with Crippen LogP contribution in [0.1, 0.15) is 18.4 Å². The second kappa shape index (κ2) is 7.30. The second-order valence-corrected chi connectivity index (χ2v) is 6.60. The van der Waals surface area contributed by atoms with E-state index in [4.69, 9.17) is 4.74 Å². The standard InChI is InChI=1S/C18H23FN2O3/c1-20-10-14-11-21(9-8-16(14)24-12-18(20)23)17(22)7-6-13-4-2-3-5-15(13)19/h2-5,14,16H,6-12H2,1H3/t14-,16-/m0/s1. The first-order valence-electron chi connectivity index (χ1n) is 8.41. The smallest absolute Gasteiger partial charge is 0.248 e. The third-order valence-electron chi connectivity index (χ3n) is 4.94. The fourth-order valence-corrected chi connectivity index (χ4v) is 3.47. The summed E-state index contributed by atoms with van der Waals surface area (Å²) < 4.78 is 19.3. The minimum absolute atomic E-state index is 0.0122. The molecular weight excluding hydrogens is 311 g/mol. The number of likely N-dealkylation sites (N-methyl/N-ethyl adjacent to an activating group) is 1. The van der Waals surface area contributed by atoms with Gasteiger partial charge in [0.25, 0.3) is 0 Å². The number of amides is 2. The third kappa shape index (κ3) is 3.75. The summed E-state index contributed by atoms with van der Waals surface area (Å²) in [6, 6.07) is 6.56. The van der Waals surface area contributed by atoms with E-state index < -0.39 is 0 Å². The maximum Gasteiger partial charge on any atom is 0.248 e. The monoisotopic (exact) mass is 334 g/mol. The van der Waals surface area contributed by atoms with E-state index in [2.05, 4.69) is 0 Å². The quantitative estimate of drug-likeness (QED) is 0.841. The van der Waals surface area contributed by atoms with Gasteiger partial charge in [-0.1, -0.05) is 18.2 Å². The Balaban J connectivity index is 1.57. The highest BCUT2D eigenvalue weighted by molar-refractivity contribution is 5.78. The number of aryl methyl sites for hydroxylation is 1. The van der Waals surface area contributed by atoms with Crippen molar-refractivity contribution in [3.63, 3.8) is 0 Å². The number of hydrogen-bond acceptors (Lipinski definition) is 3. The SMILES string of the molecule is CN1C[C@H]2CN(C(=O)CCc3ccccc3F)CC[C@@H]2OCC1=O. The molecule has 24 heavy (non-hydrogen) atoms. The third-order valence-corrected chi connectivity index (χ3v) is 4.94. The van der Waals surface area contributed by atoms with Crippen LogP contribution in [0.5, 0.6) is 0 Å². The Hall–Kier alpha value is -1.95. The van der Waals surface area contributed by atoms with Crippen LogP contribution in [0, 0.1) is 11.7 Å². The molecule has 3 rings (SSSR count). The fraction of sp³-hybridized carbons (Fsp3) is 0.556. The van der Waals surface area contributed by atoms with Crippen LogP contribution < -0.4 is 0 Å². The first-order valence-corrected chi connectivity index (χ1v) is 8.41. The van der Waals surface area contributed by atoms with Gasteiger partial charge >= 0.3 is 0 Å². The van der Waals surface area contributed by atoms with E-state index in [1.807, 2.05) is 4.90 Å². The first kappa shape index (κ1) is 16.9. The summed E-state index contributed by atoms with van der Waals surface area (Å²) in [4.78, 5) is 27.7. The second-order valence-electron chi connectivity index (χ2n) is 6.60. The van der Waals surface area contributed by atoms with Gasteiger partial charge < -0.3 is 14.5 Å². The number of ether oxygens (including phenoxy) is 1. The van der Waals surface area contributed by atoms with E-state index in [0.717, 1.165) is 6.42 Å². The molecule has 5 nitrogen and oxygen atoms in total. The topological polar surface area (TPSA) is 49.9 Å². The predicted molar refractivity (Wildman–Crippen MR) is 86.8 cm³/mol. The molecule has 130 valence electrons. The van der Waals surface area contributed by atoms with Crippen LogP contribution in [0.25, 0.3) is 0 Å². The number of carbonyl (C=O) groups excluding carboxylic acids is 2. The van der Waals surface area contributed by atoms with Crippen LogP contribution in [0.4, 0.5) is 4.39 Å². The van der Waals surface area contributed by atoms with Crippen molar-refractivity contribution in [3.05, 3.63) is 35.6 Å². The van der Waals surface area contributed by atoms with Crippen LogP contribution in [0.15, 0.2) is 24.3 Å². The lowest BCUT2D eigenvalue weighted by atomic mass is 9.93. The minimum Gasteiger partial charge on any atom is -0.368 e.